The van der Waals surface area contributed by atoms with E-state index in [1.54, 1.807) is 19.1 Å². The predicted octanol–water partition coefficient (Wildman–Crippen LogP) is 1.80. The van der Waals surface area contributed by atoms with Gasteiger partial charge in [-0.3, -0.25) is 0 Å². The summed E-state index contributed by atoms with van der Waals surface area (Å²) in [5.74, 6) is -0.968. The van der Waals surface area contributed by atoms with Crippen LogP contribution in [0.25, 0.3) is 10.9 Å². The van der Waals surface area contributed by atoms with Gasteiger partial charge in [0.2, 0.25) is 0 Å². The second-order valence-corrected chi connectivity index (χ2v) is 6.43. The van der Waals surface area contributed by atoms with Crippen molar-refractivity contribution in [1.29, 1.82) is 0 Å². The number of carbonyl (C=O) groups is 1. The molecular weight excluding hydrogens is 254 g/mol. The van der Waals surface area contributed by atoms with Crippen LogP contribution in [0.5, 0.6) is 0 Å². The van der Waals surface area contributed by atoms with Gasteiger partial charge in [0.15, 0.2) is 9.84 Å². The SMILES string of the molecule is CCS(=O)(=O)Cc1cc2cc(C(=O)O)ccc2[nH]1. The van der Waals surface area contributed by atoms with Crippen LogP contribution in [0.3, 0.4) is 0 Å². The van der Waals surface area contributed by atoms with E-state index in [2.05, 4.69) is 4.98 Å². The van der Waals surface area contributed by atoms with Crippen LogP contribution >= 0.6 is 0 Å². The summed E-state index contributed by atoms with van der Waals surface area (Å²) in [6, 6.07) is 6.32. The number of sulfone groups is 1. The van der Waals surface area contributed by atoms with Crippen LogP contribution in [0, 0.1) is 0 Å². The highest BCUT2D eigenvalue weighted by molar-refractivity contribution is 7.90. The molecule has 0 fully saturated rings. The molecule has 0 aliphatic carbocycles. The van der Waals surface area contributed by atoms with E-state index in [4.69, 9.17) is 5.11 Å². The Morgan fingerprint density at radius 2 is 2.06 bits per heavy atom. The first-order valence-corrected chi connectivity index (χ1v) is 7.29. The zero-order chi connectivity index (χ0) is 13.3. The van der Waals surface area contributed by atoms with Gasteiger partial charge >= 0.3 is 5.97 Å². The molecule has 2 N–H and O–H groups in total. The Labute approximate surface area is 104 Å². The first kappa shape index (κ1) is 12.6. The molecule has 18 heavy (non-hydrogen) atoms. The third-order valence-electron chi connectivity index (χ3n) is 2.74. The highest BCUT2D eigenvalue weighted by atomic mass is 32.2. The molecule has 96 valence electrons. The van der Waals surface area contributed by atoms with Gasteiger partial charge in [0.05, 0.1) is 11.3 Å². The molecule has 1 aromatic carbocycles. The Morgan fingerprint density at radius 1 is 1.33 bits per heavy atom. The molecule has 0 amide bonds. The standard InChI is InChI=1S/C12H13NO4S/c1-2-18(16,17)7-10-6-9-5-8(12(14)15)3-4-11(9)13-10/h3-6,13H,2,7H2,1H3,(H,14,15). The molecule has 0 atom stereocenters. The summed E-state index contributed by atoms with van der Waals surface area (Å²) in [4.78, 5) is 13.8. The van der Waals surface area contributed by atoms with E-state index < -0.39 is 15.8 Å². The molecule has 1 heterocycles. The zero-order valence-electron chi connectivity index (χ0n) is 9.80. The monoisotopic (exact) mass is 267 g/mol. The van der Waals surface area contributed by atoms with Crippen molar-refractivity contribution in [2.24, 2.45) is 0 Å². The van der Waals surface area contributed by atoms with Crippen molar-refractivity contribution in [1.82, 2.24) is 4.98 Å². The summed E-state index contributed by atoms with van der Waals surface area (Å²) in [5.41, 5.74) is 1.50. The lowest BCUT2D eigenvalue weighted by Gasteiger charge is -1.97. The topological polar surface area (TPSA) is 87.2 Å². The number of aromatic amines is 1. The summed E-state index contributed by atoms with van der Waals surface area (Å²) in [6.07, 6.45) is 0. The minimum absolute atomic E-state index is 0.0550. The first-order chi connectivity index (χ1) is 8.41. The van der Waals surface area contributed by atoms with Crippen molar-refractivity contribution in [2.45, 2.75) is 12.7 Å². The maximum Gasteiger partial charge on any atom is 0.335 e. The van der Waals surface area contributed by atoms with Crippen molar-refractivity contribution in [3.8, 4) is 0 Å². The lowest BCUT2D eigenvalue weighted by atomic mass is 10.1. The average Bonchev–Trinajstić information content (AvgIpc) is 2.68. The maximum atomic E-state index is 11.5. The number of H-pyrrole nitrogens is 1. The molecule has 2 rings (SSSR count). The van der Waals surface area contributed by atoms with Gasteiger partial charge < -0.3 is 10.1 Å². The molecule has 5 nitrogen and oxygen atoms in total. The van der Waals surface area contributed by atoms with Gasteiger partial charge in [-0.25, -0.2) is 13.2 Å². The molecule has 0 saturated heterocycles. The maximum absolute atomic E-state index is 11.5. The van der Waals surface area contributed by atoms with E-state index in [0.29, 0.717) is 11.1 Å². The molecule has 0 bridgehead atoms. The second-order valence-electron chi connectivity index (χ2n) is 4.08. The number of aromatic nitrogens is 1. The van der Waals surface area contributed by atoms with Gasteiger partial charge in [0, 0.05) is 22.3 Å². The van der Waals surface area contributed by atoms with Crippen LogP contribution in [0.15, 0.2) is 24.3 Å². The van der Waals surface area contributed by atoms with Crippen LogP contribution in [0.2, 0.25) is 0 Å². The molecule has 1 aromatic heterocycles. The van der Waals surface area contributed by atoms with Gasteiger partial charge in [-0.1, -0.05) is 6.92 Å². The van der Waals surface area contributed by atoms with Gasteiger partial charge in [-0.05, 0) is 24.3 Å². The van der Waals surface area contributed by atoms with E-state index >= 15 is 0 Å². The highest BCUT2D eigenvalue weighted by Crippen LogP contribution is 2.19. The molecule has 0 aliphatic heterocycles. The predicted molar refractivity (Wildman–Crippen MR) is 68.4 cm³/mol. The summed E-state index contributed by atoms with van der Waals surface area (Å²) >= 11 is 0. The Bertz CT molecular complexity index is 700. The van der Waals surface area contributed by atoms with Crippen molar-refractivity contribution >= 4 is 26.7 Å². The van der Waals surface area contributed by atoms with Crippen LogP contribution in [0.1, 0.15) is 23.0 Å². The van der Waals surface area contributed by atoms with Gasteiger partial charge in [-0.15, -0.1) is 0 Å². The number of nitrogens with one attached hydrogen (secondary N) is 1. The van der Waals surface area contributed by atoms with Gasteiger partial charge in [-0.2, -0.15) is 0 Å². The van der Waals surface area contributed by atoms with Crippen molar-refractivity contribution in [2.75, 3.05) is 5.75 Å². The van der Waals surface area contributed by atoms with E-state index in [0.717, 1.165) is 5.52 Å². The molecule has 0 radical (unpaired) electrons. The summed E-state index contributed by atoms with van der Waals surface area (Å²) in [7, 11) is -3.09. The number of rotatable bonds is 4. The zero-order valence-corrected chi connectivity index (χ0v) is 10.6. The third-order valence-corrected chi connectivity index (χ3v) is 4.37. The van der Waals surface area contributed by atoms with Crippen LogP contribution in [-0.2, 0) is 15.6 Å². The minimum atomic E-state index is -3.09. The molecule has 0 saturated carbocycles. The first-order valence-electron chi connectivity index (χ1n) is 5.46. The van der Waals surface area contributed by atoms with Crippen molar-refractivity contribution < 1.29 is 18.3 Å². The number of fused-ring (bicyclic) bond motifs is 1. The number of hydrogen-bond donors (Lipinski definition) is 2. The van der Waals surface area contributed by atoms with E-state index in [9.17, 15) is 13.2 Å². The van der Waals surface area contributed by atoms with Gasteiger partial charge in [0.25, 0.3) is 0 Å². The quantitative estimate of drug-likeness (QED) is 0.884. The van der Waals surface area contributed by atoms with Gasteiger partial charge in [0.1, 0.15) is 0 Å². The third kappa shape index (κ3) is 2.53. The minimum Gasteiger partial charge on any atom is -0.478 e. The van der Waals surface area contributed by atoms with Crippen LogP contribution in [-0.4, -0.2) is 30.2 Å². The fourth-order valence-electron chi connectivity index (χ4n) is 1.74. The van der Waals surface area contributed by atoms with E-state index in [1.807, 2.05) is 0 Å². The Balaban J connectivity index is 2.42. The number of carboxylic acids is 1. The summed E-state index contributed by atoms with van der Waals surface area (Å²) < 4.78 is 23.0. The summed E-state index contributed by atoms with van der Waals surface area (Å²) in [5, 5.41) is 9.57. The Hall–Kier alpha value is -1.82. The molecule has 0 spiro atoms. The fourth-order valence-corrected chi connectivity index (χ4v) is 2.58. The largest absolute Gasteiger partial charge is 0.478 e. The van der Waals surface area contributed by atoms with E-state index in [-0.39, 0.29) is 17.1 Å². The highest BCUT2D eigenvalue weighted by Gasteiger charge is 2.12. The molecular formula is C12H13NO4S. The van der Waals surface area contributed by atoms with Crippen LogP contribution < -0.4 is 0 Å². The van der Waals surface area contributed by atoms with Crippen LogP contribution in [0.4, 0.5) is 0 Å². The fraction of sp³-hybridized carbons (Fsp3) is 0.250. The van der Waals surface area contributed by atoms with E-state index in [1.165, 1.54) is 12.1 Å². The molecule has 0 aliphatic rings. The number of carboxylic acid groups (broad SMARTS) is 1. The Kier molecular flexibility index (Phi) is 3.13. The lowest BCUT2D eigenvalue weighted by Crippen LogP contribution is -2.06. The molecule has 6 heteroatoms. The second kappa shape index (κ2) is 4.45. The molecule has 2 aromatic rings. The summed E-state index contributed by atoms with van der Waals surface area (Å²) in [6.45, 7) is 1.60. The number of hydrogen-bond acceptors (Lipinski definition) is 3. The molecule has 0 unspecified atom stereocenters. The normalized spacial score (nSPS) is 11.8. The number of aromatic carboxylic acids is 1. The van der Waals surface area contributed by atoms with Crippen molar-refractivity contribution in [3.05, 3.63) is 35.5 Å². The van der Waals surface area contributed by atoms with Crippen molar-refractivity contribution in [3.63, 3.8) is 0 Å². The smallest absolute Gasteiger partial charge is 0.335 e. The lowest BCUT2D eigenvalue weighted by molar-refractivity contribution is 0.0697. The Morgan fingerprint density at radius 3 is 2.67 bits per heavy atom. The average molecular weight is 267 g/mol. The number of benzene rings is 1.